The minimum atomic E-state index is -0.134. The average molecular weight is 273 g/mol. The monoisotopic (exact) mass is 272 g/mol. The molecule has 17 heavy (non-hydrogen) atoms. The van der Waals surface area contributed by atoms with Gasteiger partial charge in [-0.2, -0.15) is 11.8 Å². The third-order valence-electron chi connectivity index (χ3n) is 2.34. The zero-order valence-corrected chi connectivity index (χ0v) is 11.9. The Morgan fingerprint density at radius 2 is 2.24 bits per heavy atom. The van der Waals surface area contributed by atoms with Crippen molar-refractivity contribution in [1.29, 1.82) is 0 Å². The van der Waals surface area contributed by atoms with E-state index in [2.05, 4.69) is 5.32 Å². The number of urea groups is 1. The van der Waals surface area contributed by atoms with Gasteiger partial charge in [-0.05, 0) is 30.9 Å². The molecule has 0 heterocycles. The number of rotatable bonds is 4. The molecule has 1 aromatic carbocycles. The molecular weight excluding hydrogens is 256 g/mol. The van der Waals surface area contributed by atoms with Gasteiger partial charge in [-0.15, -0.1) is 0 Å². The van der Waals surface area contributed by atoms with Gasteiger partial charge < -0.3 is 10.2 Å². The second kappa shape index (κ2) is 6.77. The summed E-state index contributed by atoms with van der Waals surface area (Å²) in [5, 5.41) is 3.36. The number of amides is 2. The van der Waals surface area contributed by atoms with Gasteiger partial charge in [0, 0.05) is 19.3 Å². The summed E-state index contributed by atoms with van der Waals surface area (Å²) in [6.45, 7) is 2.68. The van der Waals surface area contributed by atoms with Crippen molar-refractivity contribution < 1.29 is 4.79 Å². The third-order valence-corrected chi connectivity index (χ3v) is 3.25. The Balaban J connectivity index is 2.61. The Bertz CT molecular complexity index is 398. The van der Waals surface area contributed by atoms with Crippen LogP contribution in [-0.2, 0) is 0 Å². The Kier molecular flexibility index (Phi) is 5.65. The highest BCUT2D eigenvalue weighted by Crippen LogP contribution is 2.22. The average Bonchev–Trinajstić information content (AvgIpc) is 2.29. The number of benzene rings is 1. The van der Waals surface area contributed by atoms with Crippen LogP contribution in [0.2, 0.25) is 5.02 Å². The lowest BCUT2D eigenvalue weighted by molar-refractivity contribution is 0.225. The molecule has 0 atom stereocenters. The van der Waals surface area contributed by atoms with E-state index in [-0.39, 0.29) is 6.03 Å². The molecule has 0 saturated carbocycles. The Hall–Kier alpha value is -0.870. The highest BCUT2D eigenvalue weighted by atomic mass is 35.5. The van der Waals surface area contributed by atoms with Gasteiger partial charge in [0.1, 0.15) is 0 Å². The summed E-state index contributed by atoms with van der Waals surface area (Å²) in [5.74, 6) is 0.922. The maximum Gasteiger partial charge on any atom is 0.321 e. The lowest BCUT2D eigenvalue weighted by atomic mass is 10.2. The minimum absolute atomic E-state index is 0.134. The largest absolute Gasteiger partial charge is 0.327 e. The van der Waals surface area contributed by atoms with E-state index in [1.165, 1.54) is 0 Å². The molecule has 1 rings (SSSR count). The highest BCUT2D eigenvalue weighted by Gasteiger charge is 2.09. The molecule has 0 spiro atoms. The number of nitrogens with one attached hydrogen (secondary N) is 1. The maximum atomic E-state index is 11.8. The van der Waals surface area contributed by atoms with Crippen molar-refractivity contribution in [2.45, 2.75) is 6.92 Å². The summed E-state index contributed by atoms with van der Waals surface area (Å²) < 4.78 is 0. The van der Waals surface area contributed by atoms with Crippen molar-refractivity contribution in [3.05, 3.63) is 28.8 Å². The van der Waals surface area contributed by atoms with Gasteiger partial charge in [0.15, 0.2) is 0 Å². The summed E-state index contributed by atoms with van der Waals surface area (Å²) in [4.78, 5) is 13.4. The molecule has 0 bridgehead atoms. The SMILES string of the molecule is CSCCN(C)C(=O)Nc1ccc(C)cc1Cl. The van der Waals surface area contributed by atoms with Crippen LogP contribution in [0.3, 0.4) is 0 Å². The van der Waals surface area contributed by atoms with Gasteiger partial charge in [0.2, 0.25) is 0 Å². The first kappa shape index (κ1) is 14.2. The van der Waals surface area contributed by atoms with Crippen LogP contribution < -0.4 is 5.32 Å². The van der Waals surface area contributed by atoms with Gasteiger partial charge in [-0.25, -0.2) is 4.79 Å². The van der Waals surface area contributed by atoms with Gasteiger partial charge in [-0.3, -0.25) is 0 Å². The third kappa shape index (κ3) is 4.48. The molecule has 0 aliphatic carbocycles. The number of halogens is 1. The zero-order valence-electron chi connectivity index (χ0n) is 10.3. The van der Waals surface area contributed by atoms with Crippen LogP contribution in [0.1, 0.15) is 5.56 Å². The van der Waals surface area contributed by atoms with E-state index >= 15 is 0 Å². The highest BCUT2D eigenvalue weighted by molar-refractivity contribution is 7.98. The predicted molar refractivity (Wildman–Crippen MR) is 76.2 cm³/mol. The lowest BCUT2D eigenvalue weighted by Gasteiger charge is -2.18. The van der Waals surface area contributed by atoms with Crippen LogP contribution in [-0.4, -0.2) is 36.5 Å². The smallest absolute Gasteiger partial charge is 0.321 e. The van der Waals surface area contributed by atoms with Gasteiger partial charge in [-0.1, -0.05) is 17.7 Å². The van der Waals surface area contributed by atoms with E-state index in [0.29, 0.717) is 10.7 Å². The molecule has 0 saturated heterocycles. The minimum Gasteiger partial charge on any atom is -0.327 e. The molecule has 2 amide bonds. The van der Waals surface area contributed by atoms with Crippen molar-refractivity contribution in [3.8, 4) is 0 Å². The van der Waals surface area contributed by atoms with Crippen molar-refractivity contribution in [2.24, 2.45) is 0 Å². The quantitative estimate of drug-likeness (QED) is 0.910. The first-order valence-corrected chi connectivity index (χ1v) is 7.09. The molecule has 3 nitrogen and oxygen atoms in total. The van der Waals surface area contributed by atoms with Crippen molar-refractivity contribution >= 4 is 35.1 Å². The Morgan fingerprint density at radius 1 is 1.53 bits per heavy atom. The van der Waals surface area contributed by atoms with E-state index in [9.17, 15) is 4.79 Å². The van der Waals surface area contributed by atoms with Crippen molar-refractivity contribution in [1.82, 2.24) is 4.90 Å². The van der Waals surface area contributed by atoms with E-state index in [1.54, 1.807) is 23.7 Å². The molecule has 0 fully saturated rings. The number of aryl methyl sites for hydroxylation is 1. The normalized spacial score (nSPS) is 10.1. The maximum absolute atomic E-state index is 11.8. The number of hydrogen-bond donors (Lipinski definition) is 1. The van der Waals surface area contributed by atoms with E-state index in [1.807, 2.05) is 31.4 Å². The predicted octanol–water partition coefficient (Wildman–Crippen LogP) is 3.48. The van der Waals surface area contributed by atoms with Gasteiger partial charge >= 0.3 is 6.03 Å². The fourth-order valence-corrected chi connectivity index (χ4v) is 2.00. The lowest BCUT2D eigenvalue weighted by Crippen LogP contribution is -2.33. The van der Waals surface area contributed by atoms with Crippen LogP contribution in [0.4, 0.5) is 10.5 Å². The van der Waals surface area contributed by atoms with E-state index in [4.69, 9.17) is 11.6 Å². The molecule has 0 radical (unpaired) electrons. The van der Waals surface area contributed by atoms with Crippen LogP contribution >= 0.6 is 23.4 Å². The van der Waals surface area contributed by atoms with Crippen LogP contribution in [0.25, 0.3) is 0 Å². The molecular formula is C12H17ClN2OS. The second-order valence-electron chi connectivity index (χ2n) is 3.83. The summed E-state index contributed by atoms with van der Waals surface area (Å²) in [5.41, 5.74) is 1.72. The summed E-state index contributed by atoms with van der Waals surface area (Å²) in [7, 11) is 1.77. The molecule has 0 aliphatic heterocycles. The van der Waals surface area contributed by atoms with Gasteiger partial charge in [0.25, 0.3) is 0 Å². The Morgan fingerprint density at radius 3 is 2.82 bits per heavy atom. The molecule has 0 aromatic heterocycles. The molecule has 5 heteroatoms. The fraction of sp³-hybridized carbons (Fsp3) is 0.417. The van der Waals surface area contributed by atoms with E-state index < -0.39 is 0 Å². The number of carbonyl (C=O) groups excluding carboxylic acids is 1. The summed E-state index contributed by atoms with van der Waals surface area (Å²) >= 11 is 7.76. The Labute approximate surface area is 112 Å². The van der Waals surface area contributed by atoms with Gasteiger partial charge in [0.05, 0.1) is 10.7 Å². The zero-order chi connectivity index (χ0) is 12.8. The number of carbonyl (C=O) groups is 1. The van der Waals surface area contributed by atoms with Crippen molar-refractivity contribution in [2.75, 3.05) is 30.9 Å². The number of thioether (sulfide) groups is 1. The van der Waals surface area contributed by atoms with E-state index in [0.717, 1.165) is 17.9 Å². The summed E-state index contributed by atoms with van der Waals surface area (Å²) in [6, 6.07) is 5.44. The molecule has 94 valence electrons. The standard InChI is InChI=1S/C12H17ClN2OS/c1-9-4-5-11(10(13)8-9)14-12(16)15(2)6-7-17-3/h4-5,8H,6-7H2,1-3H3,(H,14,16). The molecule has 1 aromatic rings. The second-order valence-corrected chi connectivity index (χ2v) is 5.22. The number of nitrogens with zero attached hydrogens (tertiary/aromatic N) is 1. The summed E-state index contributed by atoms with van der Waals surface area (Å²) in [6.07, 6.45) is 2.02. The topological polar surface area (TPSA) is 32.3 Å². The van der Waals surface area contributed by atoms with Crippen molar-refractivity contribution in [3.63, 3.8) is 0 Å². The first-order valence-electron chi connectivity index (χ1n) is 5.32. The first-order chi connectivity index (χ1) is 8.04. The van der Waals surface area contributed by atoms with Crippen LogP contribution in [0.5, 0.6) is 0 Å². The number of hydrogen-bond acceptors (Lipinski definition) is 2. The number of anilines is 1. The molecule has 0 aliphatic rings. The van der Waals surface area contributed by atoms with Crippen LogP contribution in [0.15, 0.2) is 18.2 Å². The molecule has 0 unspecified atom stereocenters. The van der Waals surface area contributed by atoms with Crippen LogP contribution in [0, 0.1) is 6.92 Å². The molecule has 1 N–H and O–H groups in total. The fourth-order valence-electron chi connectivity index (χ4n) is 1.26.